The lowest BCUT2D eigenvalue weighted by Crippen LogP contribution is -2.34. The summed E-state index contributed by atoms with van der Waals surface area (Å²) in [6.45, 7) is 11.6. The molecule has 1 aromatic carbocycles. The van der Waals surface area contributed by atoms with Crippen LogP contribution in [-0.2, 0) is 14.8 Å². The number of benzene rings is 1. The molecule has 1 atom stereocenters. The van der Waals surface area contributed by atoms with Crippen molar-refractivity contribution in [1.82, 2.24) is 4.72 Å². The first kappa shape index (κ1) is 24.1. The van der Waals surface area contributed by atoms with E-state index in [0.29, 0.717) is 37.7 Å². The van der Waals surface area contributed by atoms with Gasteiger partial charge < -0.3 is 9.47 Å². The fourth-order valence-corrected chi connectivity index (χ4v) is 4.30. The van der Waals surface area contributed by atoms with Crippen LogP contribution >= 0.6 is 0 Å². The molecule has 0 heterocycles. The van der Waals surface area contributed by atoms with Gasteiger partial charge >= 0.3 is 0 Å². The number of rotatable bonds is 12. The smallest absolute Gasteiger partial charge is 0.212 e. The van der Waals surface area contributed by atoms with Crippen molar-refractivity contribution in [3.63, 3.8) is 0 Å². The molecule has 166 valence electrons. The quantitative estimate of drug-likeness (QED) is 0.490. The zero-order valence-corrected chi connectivity index (χ0v) is 19.1. The Balaban J connectivity index is 1.96. The fourth-order valence-electron chi connectivity index (χ4n) is 2.89. The molecule has 0 aliphatic heterocycles. The molecule has 5 nitrogen and oxygen atoms in total. The van der Waals surface area contributed by atoms with Crippen LogP contribution in [0.4, 0.5) is 4.39 Å². The third-order valence-corrected chi connectivity index (χ3v) is 6.14. The molecule has 1 unspecified atom stereocenters. The highest BCUT2D eigenvalue weighted by Gasteiger charge is 2.25. The van der Waals surface area contributed by atoms with Crippen LogP contribution in [0, 0.1) is 23.1 Å². The largest absolute Gasteiger partial charge is 0.490 e. The molecule has 0 aromatic heterocycles. The first-order valence-corrected chi connectivity index (χ1v) is 12.1. The average Bonchev–Trinajstić information content (AvgIpc) is 3.42. The van der Waals surface area contributed by atoms with Gasteiger partial charge in [-0.3, -0.25) is 0 Å². The molecule has 1 N–H and O–H groups in total. The second-order valence-corrected chi connectivity index (χ2v) is 11.4. The molecule has 1 aromatic rings. The lowest BCUT2D eigenvalue weighted by molar-refractivity contribution is 0.0720. The van der Waals surface area contributed by atoms with Crippen molar-refractivity contribution in [3.05, 3.63) is 29.6 Å². The molecule has 0 saturated heterocycles. The van der Waals surface area contributed by atoms with E-state index < -0.39 is 21.9 Å². The van der Waals surface area contributed by atoms with Gasteiger partial charge in [0, 0.05) is 12.6 Å². The molecule has 7 heteroatoms. The van der Waals surface area contributed by atoms with E-state index in [0.717, 1.165) is 12.8 Å². The Bertz CT molecular complexity index is 755. The van der Waals surface area contributed by atoms with E-state index in [4.69, 9.17) is 9.47 Å². The number of nitrogens with one attached hydrogen (secondary N) is 1. The molecule has 2 rings (SSSR count). The maximum absolute atomic E-state index is 14.1. The van der Waals surface area contributed by atoms with Gasteiger partial charge in [-0.05, 0) is 54.2 Å². The van der Waals surface area contributed by atoms with Gasteiger partial charge in [0.2, 0.25) is 10.0 Å². The third-order valence-electron chi connectivity index (χ3n) is 4.70. The molecule has 0 bridgehead atoms. The van der Waals surface area contributed by atoms with E-state index in [1.54, 1.807) is 12.1 Å². The Morgan fingerprint density at radius 2 is 1.93 bits per heavy atom. The Hall–Kier alpha value is -1.18. The molecule has 1 aliphatic rings. The summed E-state index contributed by atoms with van der Waals surface area (Å²) in [5, 5.41) is 0. The molecule has 1 aliphatic carbocycles. The topological polar surface area (TPSA) is 64.6 Å². The third kappa shape index (κ3) is 9.01. The highest BCUT2D eigenvalue weighted by molar-refractivity contribution is 7.89. The monoisotopic (exact) mass is 429 g/mol. The highest BCUT2D eigenvalue weighted by Crippen LogP contribution is 2.32. The summed E-state index contributed by atoms with van der Waals surface area (Å²) in [4.78, 5) is 0. The van der Waals surface area contributed by atoms with Crippen LogP contribution in [0.3, 0.4) is 0 Å². The lowest BCUT2D eigenvalue weighted by atomic mass is 9.97. The summed E-state index contributed by atoms with van der Waals surface area (Å²) in [5.41, 5.74) is 0.765. The first-order chi connectivity index (χ1) is 13.5. The Morgan fingerprint density at radius 1 is 1.24 bits per heavy atom. The second-order valence-electron chi connectivity index (χ2n) is 9.57. The van der Waals surface area contributed by atoms with E-state index in [2.05, 4.69) is 25.5 Å². The van der Waals surface area contributed by atoms with Crippen LogP contribution in [0.25, 0.3) is 0 Å². The van der Waals surface area contributed by atoms with Gasteiger partial charge in [-0.2, -0.15) is 0 Å². The molecule has 1 saturated carbocycles. The van der Waals surface area contributed by atoms with Crippen LogP contribution in [0.1, 0.15) is 65.5 Å². The number of sulfonamides is 1. The van der Waals surface area contributed by atoms with Crippen LogP contribution in [0.15, 0.2) is 18.2 Å². The minimum Gasteiger partial charge on any atom is -0.490 e. The van der Waals surface area contributed by atoms with Crippen LogP contribution in [0.2, 0.25) is 0 Å². The molecular weight excluding hydrogens is 393 g/mol. The molecule has 0 amide bonds. The van der Waals surface area contributed by atoms with E-state index in [-0.39, 0.29) is 22.8 Å². The van der Waals surface area contributed by atoms with Crippen LogP contribution in [0.5, 0.6) is 5.75 Å². The average molecular weight is 430 g/mol. The normalized spacial score (nSPS) is 16.2. The first-order valence-electron chi connectivity index (χ1n) is 10.5. The lowest BCUT2D eigenvalue weighted by Gasteiger charge is -2.24. The van der Waals surface area contributed by atoms with Crippen molar-refractivity contribution in [2.75, 3.05) is 25.6 Å². The minimum absolute atomic E-state index is 0.00339. The van der Waals surface area contributed by atoms with Crippen molar-refractivity contribution < 1.29 is 22.3 Å². The molecule has 29 heavy (non-hydrogen) atoms. The minimum atomic E-state index is -3.49. The van der Waals surface area contributed by atoms with Crippen molar-refractivity contribution in [1.29, 1.82) is 0 Å². The van der Waals surface area contributed by atoms with Gasteiger partial charge in [-0.25, -0.2) is 17.5 Å². The Morgan fingerprint density at radius 3 is 2.52 bits per heavy atom. The maximum Gasteiger partial charge on any atom is 0.212 e. The van der Waals surface area contributed by atoms with Crippen molar-refractivity contribution in [2.45, 2.75) is 59.9 Å². The second kappa shape index (κ2) is 10.2. The Labute approximate surface area is 175 Å². The number of halogens is 1. The van der Waals surface area contributed by atoms with Crippen molar-refractivity contribution in [2.24, 2.45) is 17.3 Å². The van der Waals surface area contributed by atoms with E-state index in [1.807, 2.05) is 13.8 Å². The Kier molecular flexibility index (Phi) is 8.49. The molecule has 1 fully saturated rings. The summed E-state index contributed by atoms with van der Waals surface area (Å²) >= 11 is 0. The predicted octanol–water partition coefficient (Wildman–Crippen LogP) is 4.68. The SMILES string of the molecule is CC(C)C(NS(=O)(=O)CCCOCC(C)(C)C)c1ccc(F)c(OCC2CC2)c1. The summed E-state index contributed by atoms with van der Waals surface area (Å²) < 4.78 is 53.2. The van der Waals surface area contributed by atoms with Crippen LogP contribution < -0.4 is 9.46 Å². The van der Waals surface area contributed by atoms with E-state index in [1.165, 1.54) is 6.07 Å². The number of hydrogen-bond donors (Lipinski definition) is 1. The van der Waals surface area contributed by atoms with Crippen molar-refractivity contribution >= 4 is 10.0 Å². The zero-order chi connectivity index (χ0) is 21.7. The zero-order valence-electron chi connectivity index (χ0n) is 18.3. The predicted molar refractivity (Wildman–Crippen MR) is 114 cm³/mol. The van der Waals surface area contributed by atoms with Gasteiger partial charge in [-0.1, -0.05) is 40.7 Å². The summed E-state index contributed by atoms with van der Waals surface area (Å²) in [7, 11) is -3.49. The van der Waals surface area contributed by atoms with Gasteiger partial charge in [-0.15, -0.1) is 0 Å². The van der Waals surface area contributed by atoms with E-state index >= 15 is 0 Å². The fraction of sp³-hybridized carbons (Fsp3) is 0.727. The number of hydrogen-bond acceptors (Lipinski definition) is 4. The summed E-state index contributed by atoms with van der Waals surface area (Å²) in [6.07, 6.45) is 2.67. The number of ether oxygens (including phenoxy) is 2. The molecule has 0 radical (unpaired) electrons. The van der Waals surface area contributed by atoms with Gasteiger partial charge in [0.1, 0.15) is 0 Å². The molecule has 0 spiro atoms. The summed E-state index contributed by atoms with van der Waals surface area (Å²) in [6, 6.07) is 4.15. The van der Waals surface area contributed by atoms with Crippen LogP contribution in [-0.4, -0.2) is 34.0 Å². The van der Waals surface area contributed by atoms with E-state index in [9.17, 15) is 12.8 Å². The van der Waals surface area contributed by atoms with Gasteiger partial charge in [0.25, 0.3) is 0 Å². The maximum atomic E-state index is 14.1. The standard InChI is InChI=1S/C22H36FNO4S/c1-16(2)21(24-29(25,26)12-6-11-27-15-22(3,4)5)18-9-10-19(23)20(13-18)28-14-17-7-8-17/h9-10,13,16-17,21,24H,6-8,11-12,14-15H2,1-5H3. The van der Waals surface area contributed by atoms with Gasteiger partial charge in [0.05, 0.1) is 19.0 Å². The van der Waals surface area contributed by atoms with Gasteiger partial charge in [0.15, 0.2) is 11.6 Å². The summed E-state index contributed by atoms with van der Waals surface area (Å²) in [5.74, 6) is 0.277. The molecular formula is C22H36FNO4S. The van der Waals surface area contributed by atoms with Crippen molar-refractivity contribution in [3.8, 4) is 5.75 Å². The highest BCUT2D eigenvalue weighted by atomic mass is 32.2.